The second kappa shape index (κ2) is 6.86. The lowest BCUT2D eigenvalue weighted by atomic mass is 10.2. The minimum absolute atomic E-state index is 0.472. The highest BCUT2D eigenvalue weighted by Gasteiger charge is 2.05. The van der Waals surface area contributed by atoms with Gasteiger partial charge in [0.05, 0.1) is 0 Å². The Labute approximate surface area is 126 Å². The number of rotatable bonds is 5. The topological polar surface area (TPSA) is 42.0 Å². The van der Waals surface area contributed by atoms with Crippen LogP contribution in [0, 0.1) is 6.92 Å². The van der Waals surface area contributed by atoms with Gasteiger partial charge in [-0.3, -0.25) is 9.19 Å². The zero-order valence-corrected chi connectivity index (χ0v) is 13.1. The molecule has 0 spiro atoms. The lowest BCUT2D eigenvalue weighted by molar-refractivity contribution is 0.686. The highest BCUT2D eigenvalue weighted by molar-refractivity contribution is 7.83. The van der Waals surface area contributed by atoms with Crippen LogP contribution >= 0.6 is 11.6 Å². The number of aromatic nitrogens is 1. The lowest BCUT2D eigenvalue weighted by Gasteiger charge is -2.10. The highest BCUT2D eigenvalue weighted by Crippen LogP contribution is 2.22. The van der Waals surface area contributed by atoms with Crippen molar-refractivity contribution in [3.05, 3.63) is 58.4 Å². The van der Waals surface area contributed by atoms with Gasteiger partial charge in [-0.1, -0.05) is 17.7 Å². The number of benzene rings is 1. The van der Waals surface area contributed by atoms with Crippen LogP contribution in [0.1, 0.15) is 16.8 Å². The molecule has 0 amide bonds. The first-order chi connectivity index (χ1) is 9.56. The van der Waals surface area contributed by atoms with Crippen LogP contribution < -0.4 is 5.32 Å². The second-order valence-electron chi connectivity index (χ2n) is 4.63. The maximum atomic E-state index is 11.3. The average Bonchev–Trinajstić information content (AvgIpc) is 2.40. The van der Waals surface area contributed by atoms with Gasteiger partial charge in [0.2, 0.25) is 0 Å². The number of anilines is 1. The zero-order chi connectivity index (χ0) is 14.5. The molecule has 0 bridgehead atoms. The third-order valence-electron chi connectivity index (χ3n) is 3.00. The van der Waals surface area contributed by atoms with Gasteiger partial charge in [0.1, 0.15) is 0 Å². The molecule has 1 aromatic heterocycles. The van der Waals surface area contributed by atoms with Crippen molar-refractivity contribution in [2.45, 2.75) is 19.2 Å². The van der Waals surface area contributed by atoms with Gasteiger partial charge in [-0.05, 0) is 42.3 Å². The minimum Gasteiger partial charge on any atom is -0.381 e. The van der Waals surface area contributed by atoms with Crippen molar-refractivity contribution in [2.24, 2.45) is 0 Å². The Hall–Kier alpha value is -1.39. The normalized spacial score (nSPS) is 12.2. The van der Waals surface area contributed by atoms with Crippen LogP contribution in [0.2, 0.25) is 5.02 Å². The number of halogens is 1. The molecule has 5 heteroatoms. The maximum absolute atomic E-state index is 11.3. The third-order valence-corrected chi connectivity index (χ3v) is 4.09. The molecule has 1 heterocycles. The van der Waals surface area contributed by atoms with Gasteiger partial charge in [-0.2, -0.15) is 0 Å². The molecular formula is C15H17ClN2OS. The smallest absolute Gasteiger partial charge is 0.0498 e. The quantitative estimate of drug-likeness (QED) is 0.918. The Morgan fingerprint density at radius 3 is 2.80 bits per heavy atom. The molecule has 1 aromatic carbocycles. The van der Waals surface area contributed by atoms with Gasteiger partial charge in [0.25, 0.3) is 0 Å². The molecule has 3 nitrogen and oxygen atoms in total. The van der Waals surface area contributed by atoms with E-state index in [4.69, 9.17) is 11.6 Å². The van der Waals surface area contributed by atoms with Crippen LogP contribution in [-0.4, -0.2) is 15.4 Å². The van der Waals surface area contributed by atoms with Crippen LogP contribution in [0.4, 0.5) is 5.69 Å². The molecule has 20 heavy (non-hydrogen) atoms. The molecule has 0 aliphatic heterocycles. The first-order valence-electron chi connectivity index (χ1n) is 6.29. The predicted molar refractivity (Wildman–Crippen MR) is 85.5 cm³/mol. The number of nitrogens with zero attached hydrogens (tertiary/aromatic N) is 1. The molecule has 0 radical (unpaired) electrons. The second-order valence-corrected chi connectivity index (χ2v) is 6.47. The fourth-order valence-electron chi connectivity index (χ4n) is 1.92. The summed E-state index contributed by atoms with van der Waals surface area (Å²) < 4.78 is 11.3. The van der Waals surface area contributed by atoms with Crippen molar-refractivity contribution in [1.82, 2.24) is 4.98 Å². The summed E-state index contributed by atoms with van der Waals surface area (Å²) in [6, 6.07) is 9.69. The fourth-order valence-corrected chi connectivity index (χ4v) is 2.86. The summed E-state index contributed by atoms with van der Waals surface area (Å²) in [5.74, 6) is 0.472. The van der Waals surface area contributed by atoms with Crippen LogP contribution in [0.3, 0.4) is 0 Å². The first-order valence-corrected chi connectivity index (χ1v) is 8.39. The number of pyridine rings is 1. The minimum atomic E-state index is -0.901. The molecule has 2 rings (SSSR count). The molecule has 106 valence electrons. The van der Waals surface area contributed by atoms with Gasteiger partial charge in [-0.15, -0.1) is 0 Å². The first kappa shape index (κ1) is 15.0. The van der Waals surface area contributed by atoms with Gasteiger partial charge < -0.3 is 5.32 Å². The summed E-state index contributed by atoms with van der Waals surface area (Å²) >= 11 is 6.11. The molecule has 0 fully saturated rings. The van der Waals surface area contributed by atoms with E-state index in [0.717, 1.165) is 22.5 Å². The number of hydrogen-bond acceptors (Lipinski definition) is 3. The van der Waals surface area contributed by atoms with E-state index >= 15 is 0 Å². The van der Waals surface area contributed by atoms with E-state index in [2.05, 4.69) is 10.3 Å². The van der Waals surface area contributed by atoms with Crippen LogP contribution in [0.5, 0.6) is 0 Å². The van der Waals surface area contributed by atoms with Crippen LogP contribution in [0.15, 0.2) is 36.5 Å². The Kier molecular flexibility index (Phi) is 5.15. The van der Waals surface area contributed by atoms with E-state index in [-0.39, 0.29) is 0 Å². The van der Waals surface area contributed by atoms with Crippen LogP contribution in [-0.2, 0) is 23.1 Å². The molecular weight excluding hydrogens is 292 g/mol. The van der Waals surface area contributed by atoms with Gasteiger partial charge in [0.15, 0.2) is 0 Å². The van der Waals surface area contributed by atoms with Gasteiger partial charge in [-0.25, -0.2) is 0 Å². The molecule has 0 unspecified atom stereocenters. The highest BCUT2D eigenvalue weighted by atomic mass is 35.5. The molecule has 1 atom stereocenters. The van der Waals surface area contributed by atoms with E-state index < -0.39 is 10.8 Å². The van der Waals surface area contributed by atoms with E-state index in [1.165, 1.54) is 0 Å². The number of aryl methyl sites for hydroxylation is 1. The Balaban J connectivity index is 2.10. The van der Waals surface area contributed by atoms with Crippen molar-refractivity contribution in [1.29, 1.82) is 0 Å². The number of nitrogens with one attached hydrogen (secondary N) is 1. The number of hydrogen-bond donors (Lipinski definition) is 1. The monoisotopic (exact) mass is 308 g/mol. The summed E-state index contributed by atoms with van der Waals surface area (Å²) in [6.45, 7) is 2.69. The van der Waals surface area contributed by atoms with Crippen molar-refractivity contribution in [3.8, 4) is 0 Å². The summed E-state index contributed by atoms with van der Waals surface area (Å²) in [7, 11) is -0.901. The SMILES string of the molecule is Cc1ncccc1CNc1ccc(Cl)c(C[S@](C)=O)c1. The van der Waals surface area contributed by atoms with Crippen molar-refractivity contribution in [2.75, 3.05) is 11.6 Å². The van der Waals surface area contributed by atoms with Crippen LogP contribution in [0.25, 0.3) is 0 Å². The fraction of sp³-hybridized carbons (Fsp3) is 0.267. The lowest BCUT2D eigenvalue weighted by Crippen LogP contribution is -2.03. The van der Waals surface area contributed by atoms with Gasteiger partial charge >= 0.3 is 0 Å². The third kappa shape index (κ3) is 4.05. The van der Waals surface area contributed by atoms with Crippen molar-refractivity contribution < 1.29 is 4.21 Å². The van der Waals surface area contributed by atoms with E-state index in [1.54, 1.807) is 12.5 Å². The van der Waals surface area contributed by atoms with E-state index in [0.29, 0.717) is 17.3 Å². The van der Waals surface area contributed by atoms with Crippen molar-refractivity contribution in [3.63, 3.8) is 0 Å². The Morgan fingerprint density at radius 2 is 2.10 bits per heavy atom. The summed E-state index contributed by atoms with van der Waals surface area (Å²) in [4.78, 5) is 4.26. The predicted octanol–water partition coefficient (Wildman–Crippen LogP) is 3.53. The maximum Gasteiger partial charge on any atom is 0.0498 e. The molecule has 1 N–H and O–H groups in total. The molecule has 2 aromatic rings. The van der Waals surface area contributed by atoms with E-state index in [1.807, 2.05) is 37.3 Å². The Morgan fingerprint density at radius 1 is 1.30 bits per heavy atom. The molecule has 0 aliphatic rings. The average molecular weight is 309 g/mol. The Bertz CT molecular complexity index is 631. The zero-order valence-electron chi connectivity index (χ0n) is 11.5. The molecule has 0 saturated heterocycles. The summed E-state index contributed by atoms with van der Waals surface area (Å²) in [5, 5.41) is 4.00. The largest absolute Gasteiger partial charge is 0.381 e. The standard InChI is InChI=1S/C15H17ClN2OS/c1-11-12(4-3-7-17-11)9-18-14-5-6-15(16)13(8-14)10-20(2)19/h3-8,18H,9-10H2,1-2H3/t20-/m0/s1. The van der Waals surface area contributed by atoms with E-state index in [9.17, 15) is 4.21 Å². The van der Waals surface area contributed by atoms with Gasteiger partial charge in [0, 0.05) is 52.0 Å². The summed E-state index contributed by atoms with van der Waals surface area (Å²) in [5.41, 5.74) is 4.05. The summed E-state index contributed by atoms with van der Waals surface area (Å²) in [6.07, 6.45) is 3.46. The molecule has 0 aliphatic carbocycles. The van der Waals surface area contributed by atoms with Crippen molar-refractivity contribution >= 4 is 28.1 Å². The molecule has 0 saturated carbocycles.